The molecule has 0 heterocycles. The lowest BCUT2D eigenvalue weighted by Crippen LogP contribution is -1.93. The Morgan fingerprint density at radius 1 is 0.909 bits per heavy atom. The van der Waals surface area contributed by atoms with E-state index in [0.29, 0.717) is 5.56 Å². The molecule has 0 saturated heterocycles. The molecule has 0 aliphatic carbocycles. The molecule has 0 radical (unpaired) electrons. The van der Waals surface area contributed by atoms with Crippen LogP contribution in [-0.4, -0.2) is 0 Å². The van der Waals surface area contributed by atoms with Crippen LogP contribution in [0.5, 0.6) is 0 Å². The normalized spacial score (nSPS) is 15.5. The van der Waals surface area contributed by atoms with Gasteiger partial charge in [-0.2, -0.15) is 0 Å². The topological polar surface area (TPSA) is 0 Å². The van der Waals surface area contributed by atoms with Crippen molar-refractivity contribution in [3.05, 3.63) is 33.9 Å². The Hall–Kier alpha value is -0.780. The summed E-state index contributed by atoms with van der Waals surface area (Å²) in [6, 6.07) is 1.78. The van der Waals surface area contributed by atoms with Crippen LogP contribution in [0.1, 0.15) is 31.9 Å². The van der Waals surface area contributed by atoms with Crippen LogP contribution in [0.3, 0.4) is 0 Å². The van der Waals surface area contributed by atoms with Crippen molar-refractivity contribution >= 4 is 0 Å². The first kappa shape index (κ1) is 4.97. The molecule has 0 aliphatic heterocycles. The summed E-state index contributed by atoms with van der Waals surface area (Å²) in [5, 5.41) is 0. The van der Waals surface area contributed by atoms with Crippen LogP contribution in [0.15, 0.2) is 6.07 Å². The molecule has 0 spiro atoms. The second-order valence-corrected chi connectivity index (χ2v) is 3.12. The maximum atomic E-state index is 7.41. The molecule has 0 nitrogen and oxygen atoms in total. The Kier molecular flexibility index (Phi) is 1.22. The largest absolute Gasteiger partial charge is 0.0558 e. The monoisotopic (exact) mass is 151 g/mol. The van der Waals surface area contributed by atoms with Gasteiger partial charge in [0.25, 0.3) is 0 Å². The van der Waals surface area contributed by atoms with Crippen LogP contribution in [0.4, 0.5) is 0 Å². The maximum Gasteiger partial charge on any atom is 0.0280 e. The number of rotatable bonds is 0. The summed E-state index contributed by atoms with van der Waals surface area (Å²) >= 11 is 0. The molecule has 0 atom stereocenters. The molecule has 0 unspecified atom stereocenters. The second kappa shape index (κ2) is 2.69. The Morgan fingerprint density at radius 3 is 2.00 bits per heavy atom. The van der Waals surface area contributed by atoms with E-state index < -0.39 is 6.85 Å². The molecule has 1 rings (SSSR count). The van der Waals surface area contributed by atoms with Crippen molar-refractivity contribution in [1.29, 1.82) is 0 Å². The average Bonchev–Trinajstić information content (AvgIpc) is 2.06. The van der Waals surface area contributed by atoms with Gasteiger partial charge >= 0.3 is 0 Å². The van der Waals surface area contributed by atoms with E-state index in [9.17, 15) is 0 Å². The van der Waals surface area contributed by atoms with Crippen molar-refractivity contribution in [2.75, 3.05) is 0 Å². The van der Waals surface area contributed by atoms with Crippen molar-refractivity contribution in [2.45, 2.75) is 34.5 Å². The van der Waals surface area contributed by atoms with Crippen LogP contribution >= 0.6 is 0 Å². The average molecular weight is 151 g/mol. The smallest absolute Gasteiger partial charge is 0.0280 e. The van der Waals surface area contributed by atoms with Crippen molar-refractivity contribution in [3.8, 4) is 0 Å². The summed E-state index contributed by atoms with van der Waals surface area (Å²) in [5.74, 6) is 0. The van der Waals surface area contributed by atoms with E-state index in [4.69, 9.17) is 4.11 Å². The molecule has 0 amide bonds. The number of hydrogen-bond acceptors (Lipinski definition) is 0. The fourth-order valence-corrected chi connectivity index (χ4v) is 1.21. The molecule has 60 valence electrons. The molecular weight excluding hydrogens is 132 g/mol. The van der Waals surface area contributed by atoms with Crippen LogP contribution < -0.4 is 0 Å². The standard InChI is InChI=1S/C11H16/c1-7-6-8(2)10(4)11(5)9(7)3/h6H,1-5H3/i1D3. The fourth-order valence-electron chi connectivity index (χ4n) is 1.21. The van der Waals surface area contributed by atoms with Crippen LogP contribution in [0.2, 0.25) is 0 Å². The summed E-state index contributed by atoms with van der Waals surface area (Å²) in [6.45, 7) is 5.85. The summed E-state index contributed by atoms with van der Waals surface area (Å²) in [6.07, 6.45) is 0. The zero-order valence-electron chi connectivity index (χ0n) is 10.6. The van der Waals surface area contributed by atoms with Gasteiger partial charge in [-0.15, -0.1) is 0 Å². The third-order valence-electron chi connectivity index (χ3n) is 2.48. The Balaban J connectivity index is 3.49. The summed E-state index contributed by atoms with van der Waals surface area (Å²) in [4.78, 5) is 0. The zero-order chi connectivity index (χ0) is 11.1. The van der Waals surface area contributed by atoms with Crippen molar-refractivity contribution in [3.63, 3.8) is 0 Å². The molecule has 0 N–H and O–H groups in total. The lowest BCUT2D eigenvalue weighted by atomic mass is 9.96. The molecule has 0 saturated carbocycles. The first-order valence-electron chi connectivity index (χ1n) is 5.33. The maximum absolute atomic E-state index is 7.41. The van der Waals surface area contributed by atoms with E-state index in [0.717, 1.165) is 16.7 Å². The molecular formula is C11H16. The van der Waals surface area contributed by atoms with Gasteiger partial charge in [-0.1, -0.05) is 6.07 Å². The quantitative estimate of drug-likeness (QED) is 0.534. The molecule has 1 aromatic carbocycles. The third-order valence-corrected chi connectivity index (χ3v) is 2.48. The van der Waals surface area contributed by atoms with E-state index in [2.05, 4.69) is 0 Å². The van der Waals surface area contributed by atoms with E-state index >= 15 is 0 Å². The van der Waals surface area contributed by atoms with Gasteiger partial charge in [-0.25, -0.2) is 0 Å². The van der Waals surface area contributed by atoms with Gasteiger partial charge in [0.1, 0.15) is 0 Å². The highest BCUT2D eigenvalue weighted by Crippen LogP contribution is 2.19. The van der Waals surface area contributed by atoms with Crippen LogP contribution in [-0.2, 0) is 0 Å². The first-order valence-corrected chi connectivity index (χ1v) is 3.83. The molecule has 0 fully saturated rings. The molecule has 0 aliphatic rings. The molecule has 0 bridgehead atoms. The highest BCUT2D eigenvalue weighted by molar-refractivity contribution is 5.42. The Labute approximate surface area is 73.5 Å². The Morgan fingerprint density at radius 2 is 1.45 bits per heavy atom. The number of benzene rings is 1. The van der Waals surface area contributed by atoms with Gasteiger partial charge in [0.15, 0.2) is 0 Å². The number of aryl methyl sites for hydroxylation is 2. The van der Waals surface area contributed by atoms with E-state index in [-0.39, 0.29) is 0 Å². The summed E-state index contributed by atoms with van der Waals surface area (Å²) in [7, 11) is 0. The van der Waals surface area contributed by atoms with Gasteiger partial charge in [0.05, 0.1) is 0 Å². The Bertz CT molecular complexity index is 362. The van der Waals surface area contributed by atoms with Crippen molar-refractivity contribution in [2.24, 2.45) is 0 Å². The minimum atomic E-state index is -1.99. The molecule has 11 heavy (non-hydrogen) atoms. The first-order chi connectivity index (χ1) is 6.25. The van der Waals surface area contributed by atoms with Gasteiger partial charge < -0.3 is 0 Å². The predicted molar refractivity (Wildman–Crippen MR) is 50.1 cm³/mol. The fraction of sp³-hybridized carbons (Fsp3) is 0.455. The second-order valence-electron chi connectivity index (χ2n) is 3.12. The number of hydrogen-bond donors (Lipinski definition) is 0. The van der Waals surface area contributed by atoms with E-state index in [1.807, 2.05) is 27.7 Å². The third kappa shape index (κ3) is 1.30. The SMILES string of the molecule is [2H]C([2H])([2H])c1cc(C)c(C)c(C)c1C. The van der Waals surface area contributed by atoms with Gasteiger partial charge in [0, 0.05) is 4.11 Å². The zero-order valence-corrected chi connectivity index (χ0v) is 7.58. The lowest BCUT2D eigenvalue weighted by Gasteiger charge is -2.10. The minimum Gasteiger partial charge on any atom is -0.0558 e. The summed E-state index contributed by atoms with van der Waals surface area (Å²) in [5.41, 5.74) is 4.72. The van der Waals surface area contributed by atoms with Gasteiger partial charge in [-0.05, 0) is 62.4 Å². The predicted octanol–water partition coefficient (Wildman–Crippen LogP) is 3.23. The molecule has 0 heteroatoms. The van der Waals surface area contributed by atoms with Crippen molar-refractivity contribution < 1.29 is 4.11 Å². The molecule has 0 aromatic heterocycles. The summed E-state index contributed by atoms with van der Waals surface area (Å²) < 4.78 is 22.2. The van der Waals surface area contributed by atoms with Crippen molar-refractivity contribution in [1.82, 2.24) is 0 Å². The van der Waals surface area contributed by atoms with E-state index in [1.165, 1.54) is 5.56 Å². The van der Waals surface area contributed by atoms with Crippen LogP contribution in [0, 0.1) is 34.5 Å². The van der Waals surface area contributed by atoms with E-state index in [1.54, 1.807) is 6.07 Å². The highest BCUT2D eigenvalue weighted by Gasteiger charge is 2.02. The molecule has 1 aromatic rings. The minimum absolute atomic E-state index is 0.484. The van der Waals surface area contributed by atoms with Crippen LogP contribution in [0.25, 0.3) is 0 Å². The lowest BCUT2D eigenvalue weighted by molar-refractivity contribution is 1.18. The van der Waals surface area contributed by atoms with Gasteiger partial charge in [0.2, 0.25) is 0 Å². The van der Waals surface area contributed by atoms with Gasteiger partial charge in [-0.3, -0.25) is 0 Å². The highest BCUT2D eigenvalue weighted by atomic mass is 14.1.